The smallest absolute Gasteiger partial charge is 0.266 e. The van der Waals surface area contributed by atoms with E-state index in [1.54, 1.807) is 12.1 Å². The van der Waals surface area contributed by atoms with Crippen LogP contribution in [0.2, 0.25) is 0 Å². The minimum absolute atomic E-state index is 0.0427. The maximum absolute atomic E-state index is 12.8. The molecule has 0 fully saturated rings. The molecule has 5 nitrogen and oxygen atoms in total. The van der Waals surface area contributed by atoms with Gasteiger partial charge in [0.05, 0.1) is 7.11 Å². The normalized spacial score (nSPS) is 10.7. The molecule has 0 spiro atoms. The highest BCUT2D eigenvalue weighted by Crippen LogP contribution is 2.27. The number of carbonyl (C=O) groups is 1. The zero-order chi connectivity index (χ0) is 16.8. The van der Waals surface area contributed by atoms with E-state index in [-0.39, 0.29) is 17.1 Å². The van der Waals surface area contributed by atoms with Crippen LogP contribution in [-0.4, -0.2) is 18.1 Å². The topological polar surface area (TPSA) is 82.3 Å². The molecule has 2 N–H and O–H groups in total. The van der Waals surface area contributed by atoms with Gasteiger partial charge in [0.2, 0.25) is 0 Å². The van der Waals surface area contributed by atoms with Gasteiger partial charge in [-0.3, -0.25) is 4.79 Å². The quantitative estimate of drug-likeness (QED) is 0.671. The van der Waals surface area contributed by atoms with Gasteiger partial charge in [0, 0.05) is 5.69 Å². The van der Waals surface area contributed by atoms with Crippen molar-refractivity contribution >= 4 is 17.7 Å². The summed E-state index contributed by atoms with van der Waals surface area (Å²) in [6.45, 7) is 0. The Hall–Kier alpha value is -3.33. The van der Waals surface area contributed by atoms with Crippen LogP contribution in [0.15, 0.2) is 48.0 Å². The number of carbonyl (C=O) groups excluding carboxylic acids is 1. The van der Waals surface area contributed by atoms with Gasteiger partial charge < -0.3 is 15.2 Å². The molecule has 0 aliphatic heterocycles. The third-order valence-electron chi connectivity index (χ3n) is 2.98. The fourth-order valence-electron chi connectivity index (χ4n) is 1.83. The number of nitrogens with zero attached hydrogens (tertiary/aromatic N) is 1. The van der Waals surface area contributed by atoms with E-state index in [2.05, 4.69) is 5.32 Å². The maximum Gasteiger partial charge on any atom is 0.266 e. The number of amides is 1. The number of halogens is 1. The van der Waals surface area contributed by atoms with E-state index in [1.807, 2.05) is 0 Å². The second-order valence-corrected chi connectivity index (χ2v) is 4.56. The predicted molar refractivity (Wildman–Crippen MR) is 83.3 cm³/mol. The number of benzene rings is 2. The van der Waals surface area contributed by atoms with Gasteiger partial charge in [-0.25, -0.2) is 4.39 Å². The number of nitrogens with one attached hydrogen (secondary N) is 1. The van der Waals surface area contributed by atoms with Gasteiger partial charge in [0.25, 0.3) is 5.91 Å². The molecular formula is C17H13FN2O3. The number of anilines is 1. The summed E-state index contributed by atoms with van der Waals surface area (Å²) >= 11 is 0. The molecule has 23 heavy (non-hydrogen) atoms. The molecule has 0 radical (unpaired) electrons. The van der Waals surface area contributed by atoms with Crippen molar-refractivity contribution in [3.63, 3.8) is 0 Å². The molecule has 1 amide bonds. The lowest BCUT2D eigenvalue weighted by Gasteiger charge is -2.06. The van der Waals surface area contributed by atoms with Crippen LogP contribution in [-0.2, 0) is 4.79 Å². The summed E-state index contributed by atoms with van der Waals surface area (Å²) in [7, 11) is 1.40. The average molecular weight is 312 g/mol. The Morgan fingerprint density at radius 2 is 2.00 bits per heavy atom. The minimum Gasteiger partial charge on any atom is -0.504 e. The third kappa shape index (κ3) is 4.08. The Bertz CT molecular complexity index is 792. The van der Waals surface area contributed by atoms with Gasteiger partial charge in [-0.15, -0.1) is 0 Å². The number of methoxy groups -OCH3 is 1. The third-order valence-corrected chi connectivity index (χ3v) is 2.98. The Morgan fingerprint density at radius 3 is 2.61 bits per heavy atom. The Balaban J connectivity index is 2.23. The van der Waals surface area contributed by atoms with E-state index in [4.69, 9.17) is 10.00 Å². The van der Waals surface area contributed by atoms with E-state index >= 15 is 0 Å². The first-order valence-corrected chi connectivity index (χ1v) is 6.59. The standard InChI is InChI=1S/C17H13FN2O3/c1-23-16-9-11(2-7-15(16)21)8-12(10-19)17(22)20-14-5-3-13(18)4-6-14/h2-9,21H,1H3,(H,20,22). The predicted octanol–water partition coefficient (Wildman–Crippen LogP) is 3.09. The summed E-state index contributed by atoms with van der Waals surface area (Å²) in [6.07, 6.45) is 1.36. The van der Waals surface area contributed by atoms with E-state index < -0.39 is 11.7 Å². The van der Waals surface area contributed by atoms with Crippen LogP contribution in [0.5, 0.6) is 11.5 Å². The number of rotatable bonds is 4. The van der Waals surface area contributed by atoms with Crippen molar-refractivity contribution < 1.29 is 19.0 Å². The summed E-state index contributed by atoms with van der Waals surface area (Å²) in [6, 6.07) is 11.4. The summed E-state index contributed by atoms with van der Waals surface area (Å²) < 4.78 is 17.8. The van der Waals surface area contributed by atoms with E-state index in [0.717, 1.165) is 0 Å². The molecular weight excluding hydrogens is 299 g/mol. The lowest BCUT2D eigenvalue weighted by Crippen LogP contribution is -2.13. The van der Waals surface area contributed by atoms with Crippen molar-refractivity contribution in [2.75, 3.05) is 12.4 Å². The van der Waals surface area contributed by atoms with Crippen LogP contribution >= 0.6 is 0 Å². The molecule has 0 aliphatic carbocycles. The van der Waals surface area contributed by atoms with Gasteiger partial charge in [0.15, 0.2) is 11.5 Å². The molecule has 0 heterocycles. The molecule has 116 valence electrons. The fraction of sp³-hybridized carbons (Fsp3) is 0.0588. The molecule has 0 aliphatic rings. The van der Waals surface area contributed by atoms with Gasteiger partial charge in [-0.05, 0) is 48.0 Å². The van der Waals surface area contributed by atoms with Crippen molar-refractivity contribution in [2.45, 2.75) is 0 Å². The molecule has 0 saturated heterocycles. The second-order valence-electron chi connectivity index (χ2n) is 4.56. The average Bonchev–Trinajstić information content (AvgIpc) is 2.56. The lowest BCUT2D eigenvalue weighted by molar-refractivity contribution is -0.112. The number of ether oxygens (including phenoxy) is 1. The first kappa shape index (κ1) is 16.0. The van der Waals surface area contributed by atoms with Crippen molar-refractivity contribution in [3.8, 4) is 17.6 Å². The number of hydrogen-bond donors (Lipinski definition) is 2. The lowest BCUT2D eigenvalue weighted by atomic mass is 10.1. The Labute approximate surface area is 132 Å². The van der Waals surface area contributed by atoms with Crippen LogP contribution < -0.4 is 10.1 Å². The van der Waals surface area contributed by atoms with Crippen molar-refractivity contribution in [1.29, 1.82) is 5.26 Å². The molecule has 2 aromatic rings. The van der Waals surface area contributed by atoms with Crippen LogP contribution in [0.25, 0.3) is 6.08 Å². The molecule has 0 atom stereocenters. The summed E-state index contributed by atoms with van der Waals surface area (Å²) in [5, 5.41) is 21.2. The van der Waals surface area contributed by atoms with E-state index in [0.29, 0.717) is 11.3 Å². The van der Waals surface area contributed by atoms with Crippen molar-refractivity contribution in [1.82, 2.24) is 0 Å². The zero-order valence-electron chi connectivity index (χ0n) is 12.2. The second kappa shape index (κ2) is 7.09. The summed E-state index contributed by atoms with van der Waals surface area (Å²) in [5.74, 6) is -0.852. The number of phenols is 1. The first-order valence-electron chi connectivity index (χ1n) is 6.59. The van der Waals surface area contributed by atoms with Crippen molar-refractivity contribution in [2.24, 2.45) is 0 Å². The Kier molecular flexibility index (Phi) is 4.95. The number of phenolic OH excluding ortho intramolecular Hbond substituents is 1. The molecule has 2 aromatic carbocycles. The SMILES string of the molecule is COc1cc(C=C(C#N)C(=O)Nc2ccc(F)cc2)ccc1O. The largest absolute Gasteiger partial charge is 0.504 e. The fourth-order valence-corrected chi connectivity index (χ4v) is 1.83. The molecule has 6 heteroatoms. The van der Waals surface area contributed by atoms with Gasteiger partial charge in [0.1, 0.15) is 17.5 Å². The Morgan fingerprint density at radius 1 is 1.30 bits per heavy atom. The highest BCUT2D eigenvalue weighted by atomic mass is 19.1. The zero-order valence-corrected chi connectivity index (χ0v) is 12.2. The van der Waals surface area contributed by atoms with E-state index in [9.17, 15) is 14.3 Å². The molecule has 2 rings (SSSR count). The van der Waals surface area contributed by atoms with Crippen LogP contribution in [0.4, 0.5) is 10.1 Å². The molecule has 0 bridgehead atoms. The maximum atomic E-state index is 12.8. The highest BCUT2D eigenvalue weighted by Gasteiger charge is 2.10. The van der Waals surface area contributed by atoms with Gasteiger partial charge >= 0.3 is 0 Å². The summed E-state index contributed by atoms with van der Waals surface area (Å²) in [4.78, 5) is 12.1. The van der Waals surface area contributed by atoms with Crippen molar-refractivity contribution in [3.05, 3.63) is 59.4 Å². The number of aromatic hydroxyl groups is 1. The highest BCUT2D eigenvalue weighted by molar-refractivity contribution is 6.09. The van der Waals surface area contributed by atoms with Crippen LogP contribution in [0.3, 0.4) is 0 Å². The first-order chi connectivity index (χ1) is 11.0. The van der Waals surface area contributed by atoms with Crippen LogP contribution in [0.1, 0.15) is 5.56 Å². The number of nitriles is 1. The minimum atomic E-state index is -0.619. The van der Waals surface area contributed by atoms with Gasteiger partial charge in [-0.2, -0.15) is 5.26 Å². The van der Waals surface area contributed by atoms with Crippen LogP contribution in [0, 0.1) is 17.1 Å². The number of hydrogen-bond acceptors (Lipinski definition) is 4. The molecule has 0 aromatic heterocycles. The monoisotopic (exact) mass is 312 g/mol. The van der Waals surface area contributed by atoms with E-state index in [1.165, 1.54) is 49.6 Å². The van der Waals surface area contributed by atoms with Gasteiger partial charge in [-0.1, -0.05) is 6.07 Å². The summed E-state index contributed by atoms with van der Waals surface area (Å²) in [5.41, 5.74) is 0.758. The molecule has 0 saturated carbocycles. The molecule has 0 unspecified atom stereocenters.